The third kappa shape index (κ3) is 7.26. The number of aliphatic hydroxyl groups is 3. The summed E-state index contributed by atoms with van der Waals surface area (Å²) in [6.07, 6.45) is -1.82. The standard InChI is InChI=1S/C20H22N4O5/c25-13-18(27)17(26)11-16(22-24-20(29)15-9-5-2-6-10-15)12-21-23-19(28)14-7-3-1-4-8-14/h1-10,12,17-18,25-27H,11,13H2,(H,23,28)(H,24,29). The van der Waals surface area contributed by atoms with E-state index in [1.165, 1.54) is 0 Å². The smallest absolute Gasteiger partial charge is 0.271 e. The summed E-state index contributed by atoms with van der Waals surface area (Å²) in [4.78, 5) is 24.1. The predicted molar refractivity (Wildman–Crippen MR) is 107 cm³/mol. The van der Waals surface area contributed by atoms with Crippen molar-refractivity contribution < 1.29 is 24.9 Å². The highest BCUT2D eigenvalue weighted by molar-refractivity contribution is 6.31. The second kappa shape index (κ2) is 11.4. The van der Waals surface area contributed by atoms with E-state index in [0.29, 0.717) is 11.1 Å². The molecule has 29 heavy (non-hydrogen) atoms. The zero-order valence-electron chi connectivity index (χ0n) is 15.5. The summed E-state index contributed by atoms with van der Waals surface area (Å²) in [6.45, 7) is -0.646. The number of nitrogens with one attached hydrogen (secondary N) is 2. The number of carbonyl (C=O) groups excluding carboxylic acids is 2. The number of carbonyl (C=O) groups is 2. The van der Waals surface area contributed by atoms with Gasteiger partial charge in [0.1, 0.15) is 6.10 Å². The minimum atomic E-state index is -1.39. The van der Waals surface area contributed by atoms with E-state index in [-0.39, 0.29) is 12.1 Å². The number of nitrogens with zero attached hydrogens (tertiary/aromatic N) is 2. The van der Waals surface area contributed by atoms with Gasteiger partial charge in [0.05, 0.1) is 24.6 Å². The lowest BCUT2D eigenvalue weighted by Crippen LogP contribution is -2.33. The van der Waals surface area contributed by atoms with E-state index in [0.717, 1.165) is 6.21 Å². The lowest BCUT2D eigenvalue weighted by atomic mass is 10.1. The van der Waals surface area contributed by atoms with Gasteiger partial charge in [-0.15, -0.1) is 0 Å². The average molecular weight is 398 g/mol. The second-order valence-electron chi connectivity index (χ2n) is 6.00. The van der Waals surface area contributed by atoms with E-state index in [1.54, 1.807) is 60.7 Å². The molecule has 0 aliphatic rings. The fourth-order valence-corrected chi connectivity index (χ4v) is 2.20. The third-order valence-corrected chi connectivity index (χ3v) is 3.80. The summed E-state index contributed by atoms with van der Waals surface area (Å²) in [7, 11) is 0. The maximum absolute atomic E-state index is 12.1. The van der Waals surface area contributed by atoms with Crippen molar-refractivity contribution in [2.24, 2.45) is 10.2 Å². The molecular weight excluding hydrogens is 376 g/mol. The third-order valence-electron chi connectivity index (χ3n) is 3.80. The number of rotatable bonds is 9. The van der Waals surface area contributed by atoms with E-state index in [1.807, 2.05) is 0 Å². The zero-order valence-corrected chi connectivity index (χ0v) is 15.5. The molecule has 2 amide bonds. The molecule has 0 radical (unpaired) electrons. The first-order valence-corrected chi connectivity index (χ1v) is 8.78. The van der Waals surface area contributed by atoms with Gasteiger partial charge in [-0.1, -0.05) is 36.4 Å². The molecule has 0 fully saturated rings. The van der Waals surface area contributed by atoms with Crippen molar-refractivity contribution >= 4 is 23.7 Å². The van der Waals surface area contributed by atoms with Crippen molar-refractivity contribution in [2.75, 3.05) is 6.61 Å². The summed E-state index contributed by atoms with van der Waals surface area (Å²) >= 11 is 0. The molecule has 0 saturated heterocycles. The van der Waals surface area contributed by atoms with E-state index in [4.69, 9.17) is 5.11 Å². The van der Waals surface area contributed by atoms with Crippen LogP contribution in [0.25, 0.3) is 0 Å². The quantitative estimate of drug-likeness (QED) is 0.305. The second-order valence-corrected chi connectivity index (χ2v) is 6.00. The summed E-state index contributed by atoms with van der Waals surface area (Å²) < 4.78 is 0. The van der Waals surface area contributed by atoms with Crippen LogP contribution in [0.2, 0.25) is 0 Å². The van der Waals surface area contributed by atoms with Crippen molar-refractivity contribution in [2.45, 2.75) is 18.6 Å². The van der Waals surface area contributed by atoms with Gasteiger partial charge in [0.15, 0.2) is 0 Å². The average Bonchev–Trinajstić information content (AvgIpc) is 2.77. The van der Waals surface area contributed by atoms with Gasteiger partial charge in [0.25, 0.3) is 11.8 Å². The van der Waals surface area contributed by atoms with Gasteiger partial charge in [-0.05, 0) is 24.3 Å². The van der Waals surface area contributed by atoms with Crippen LogP contribution in [-0.2, 0) is 0 Å². The van der Waals surface area contributed by atoms with E-state index < -0.39 is 30.6 Å². The summed E-state index contributed by atoms with van der Waals surface area (Å²) in [6, 6.07) is 16.8. The van der Waals surface area contributed by atoms with Crippen molar-refractivity contribution in [3.8, 4) is 0 Å². The molecule has 0 aromatic heterocycles. The molecular formula is C20H22N4O5. The lowest BCUT2D eigenvalue weighted by molar-refractivity contribution is -0.00975. The van der Waals surface area contributed by atoms with E-state index >= 15 is 0 Å². The molecule has 152 valence electrons. The molecule has 9 heteroatoms. The Balaban J connectivity index is 2.07. The van der Waals surface area contributed by atoms with Gasteiger partial charge < -0.3 is 15.3 Å². The Morgan fingerprint density at radius 1 is 0.862 bits per heavy atom. The van der Waals surface area contributed by atoms with Crippen molar-refractivity contribution in [1.82, 2.24) is 10.9 Å². The Bertz CT molecular complexity index is 856. The Hall–Kier alpha value is -3.40. The first kappa shape index (κ1) is 21.9. The van der Waals surface area contributed by atoms with Crippen molar-refractivity contribution in [3.63, 3.8) is 0 Å². The van der Waals surface area contributed by atoms with E-state index in [9.17, 15) is 19.8 Å². The summed E-state index contributed by atoms with van der Waals surface area (Å²) in [5.74, 6) is -0.938. The molecule has 0 heterocycles. The first-order chi connectivity index (χ1) is 14.0. The highest BCUT2D eigenvalue weighted by Gasteiger charge is 2.17. The molecule has 0 saturated carbocycles. The van der Waals surface area contributed by atoms with Crippen LogP contribution in [0.1, 0.15) is 27.1 Å². The maximum atomic E-state index is 12.1. The summed E-state index contributed by atoms with van der Waals surface area (Å²) in [5, 5.41) is 36.1. The minimum absolute atomic E-state index is 0.0719. The molecule has 0 bridgehead atoms. The molecule has 2 aromatic carbocycles. The van der Waals surface area contributed by atoms with Crippen LogP contribution in [0.4, 0.5) is 0 Å². The molecule has 9 nitrogen and oxygen atoms in total. The SMILES string of the molecule is O=C(NN=CC(CC(O)C(O)CO)=NNC(=O)c1ccccc1)c1ccccc1. The molecule has 0 spiro atoms. The van der Waals surface area contributed by atoms with Crippen molar-refractivity contribution in [1.29, 1.82) is 0 Å². The van der Waals surface area contributed by atoms with Crippen LogP contribution in [0, 0.1) is 0 Å². The van der Waals surface area contributed by atoms with Gasteiger partial charge in [-0.2, -0.15) is 10.2 Å². The maximum Gasteiger partial charge on any atom is 0.271 e. The Labute approximate surface area is 167 Å². The monoisotopic (exact) mass is 398 g/mol. The Morgan fingerprint density at radius 2 is 1.38 bits per heavy atom. The highest BCUT2D eigenvalue weighted by atomic mass is 16.4. The van der Waals surface area contributed by atoms with Crippen molar-refractivity contribution in [3.05, 3.63) is 71.8 Å². The molecule has 2 atom stereocenters. The van der Waals surface area contributed by atoms with Crippen LogP contribution in [0.15, 0.2) is 70.9 Å². The van der Waals surface area contributed by atoms with Gasteiger partial charge in [0.2, 0.25) is 0 Å². The number of aliphatic hydroxyl groups excluding tert-OH is 3. The van der Waals surface area contributed by atoms with Gasteiger partial charge in [-0.3, -0.25) is 9.59 Å². The van der Waals surface area contributed by atoms with Crippen LogP contribution in [0.3, 0.4) is 0 Å². The largest absolute Gasteiger partial charge is 0.394 e. The number of hydrogen-bond donors (Lipinski definition) is 5. The Morgan fingerprint density at radius 3 is 1.90 bits per heavy atom. The van der Waals surface area contributed by atoms with Gasteiger partial charge in [0, 0.05) is 17.5 Å². The normalized spacial score (nSPS) is 13.7. The summed E-state index contributed by atoms with van der Waals surface area (Å²) in [5.41, 5.74) is 5.48. The number of hydrogen-bond acceptors (Lipinski definition) is 7. The molecule has 2 rings (SSSR count). The fourth-order valence-electron chi connectivity index (χ4n) is 2.20. The number of amides is 2. The zero-order chi connectivity index (χ0) is 21.1. The molecule has 0 aliphatic heterocycles. The van der Waals surface area contributed by atoms with Crippen LogP contribution in [0.5, 0.6) is 0 Å². The lowest BCUT2D eigenvalue weighted by Gasteiger charge is -2.15. The van der Waals surface area contributed by atoms with Crippen LogP contribution < -0.4 is 10.9 Å². The first-order valence-electron chi connectivity index (χ1n) is 8.78. The van der Waals surface area contributed by atoms with Crippen LogP contribution >= 0.6 is 0 Å². The van der Waals surface area contributed by atoms with Gasteiger partial charge >= 0.3 is 0 Å². The topological polar surface area (TPSA) is 144 Å². The van der Waals surface area contributed by atoms with Gasteiger partial charge in [-0.25, -0.2) is 10.9 Å². The van der Waals surface area contributed by atoms with E-state index in [2.05, 4.69) is 21.1 Å². The number of benzene rings is 2. The fraction of sp³-hybridized carbons (Fsp3) is 0.200. The highest BCUT2D eigenvalue weighted by Crippen LogP contribution is 2.02. The number of hydrazone groups is 2. The molecule has 2 aromatic rings. The Kier molecular flexibility index (Phi) is 8.64. The molecule has 5 N–H and O–H groups in total. The minimum Gasteiger partial charge on any atom is -0.394 e. The molecule has 2 unspecified atom stereocenters. The van der Waals surface area contributed by atoms with Crippen LogP contribution in [-0.4, -0.2) is 57.9 Å². The predicted octanol–water partition coefficient (Wildman–Crippen LogP) is 0.292. The molecule has 0 aliphatic carbocycles.